The topological polar surface area (TPSA) is 87.2 Å². The van der Waals surface area contributed by atoms with Crippen LogP contribution in [0.5, 0.6) is 11.5 Å². The maximum absolute atomic E-state index is 13.0. The van der Waals surface area contributed by atoms with E-state index in [2.05, 4.69) is 52.1 Å². The van der Waals surface area contributed by atoms with Gasteiger partial charge < -0.3 is 29.7 Å². The maximum atomic E-state index is 13.0. The average Bonchev–Trinajstić information content (AvgIpc) is 2.99. The second kappa shape index (κ2) is 15.0. The molecule has 2 heterocycles. The summed E-state index contributed by atoms with van der Waals surface area (Å²) >= 11 is 0. The van der Waals surface area contributed by atoms with Gasteiger partial charge in [0.15, 0.2) is 0 Å². The molecular weight excluding hydrogens is 528 g/mol. The molecule has 1 aliphatic rings. The van der Waals surface area contributed by atoms with E-state index in [4.69, 9.17) is 14.6 Å². The van der Waals surface area contributed by atoms with Gasteiger partial charge in [0.2, 0.25) is 0 Å². The molecule has 0 spiro atoms. The number of nitrogens with zero attached hydrogens (tertiary/aromatic N) is 3. The summed E-state index contributed by atoms with van der Waals surface area (Å²) in [6.45, 7) is 11.9. The lowest BCUT2D eigenvalue weighted by molar-refractivity contribution is 0.0943. The smallest absolute Gasteiger partial charge is 0.251 e. The fourth-order valence-corrected chi connectivity index (χ4v) is 5.88. The number of amides is 1. The molecule has 42 heavy (non-hydrogen) atoms. The number of aryl methyl sites for hydroxylation is 3. The first-order valence-corrected chi connectivity index (χ1v) is 15.0. The maximum Gasteiger partial charge on any atom is 0.251 e. The molecule has 226 valence electrons. The van der Waals surface area contributed by atoms with Crippen LogP contribution in [0.3, 0.4) is 0 Å². The van der Waals surface area contributed by atoms with Gasteiger partial charge in [-0.15, -0.1) is 0 Å². The van der Waals surface area contributed by atoms with Crippen LogP contribution in [0, 0.1) is 20.8 Å². The Bertz CT molecular complexity index is 1280. The van der Waals surface area contributed by atoms with Crippen molar-refractivity contribution in [2.75, 3.05) is 44.9 Å². The molecule has 4 rings (SSSR count). The Balaban J connectivity index is 1.32. The van der Waals surface area contributed by atoms with Crippen molar-refractivity contribution >= 4 is 11.6 Å². The summed E-state index contributed by atoms with van der Waals surface area (Å²) < 4.78 is 10.9. The van der Waals surface area contributed by atoms with Gasteiger partial charge in [-0.25, -0.2) is 0 Å². The Morgan fingerprint density at radius 1 is 1.07 bits per heavy atom. The van der Waals surface area contributed by atoms with Crippen molar-refractivity contribution in [3.63, 3.8) is 0 Å². The summed E-state index contributed by atoms with van der Waals surface area (Å²) in [4.78, 5) is 22.5. The van der Waals surface area contributed by atoms with E-state index in [0.29, 0.717) is 29.9 Å². The highest BCUT2D eigenvalue weighted by Crippen LogP contribution is 2.29. The molecule has 1 fully saturated rings. The van der Waals surface area contributed by atoms with Crippen molar-refractivity contribution in [3.05, 3.63) is 82.7 Å². The molecule has 0 radical (unpaired) electrons. The number of aliphatic hydroxyl groups excluding tert-OH is 1. The number of hydrogen-bond acceptors (Lipinski definition) is 7. The van der Waals surface area contributed by atoms with Crippen LogP contribution >= 0.6 is 0 Å². The predicted octanol–water partition coefficient (Wildman–Crippen LogP) is 5.07. The van der Waals surface area contributed by atoms with E-state index in [9.17, 15) is 4.79 Å². The monoisotopic (exact) mass is 574 g/mol. The van der Waals surface area contributed by atoms with Crippen LogP contribution in [0.2, 0.25) is 0 Å². The number of piperidine rings is 1. The molecule has 1 aromatic heterocycles. The van der Waals surface area contributed by atoms with Crippen LogP contribution in [0.25, 0.3) is 0 Å². The van der Waals surface area contributed by atoms with Crippen molar-refractivity contribution in [2.45, 2.75) is 65.6 Å². The number of likely N-dealkylation sites (tertiary alicyclic amines) is 1. The third kappa shape index (κ3) is 8.01. The Labute approximate surface area is 250 Å². The molecule has 0 unspecified atom stereocenters. The molecule has 8 heteroatoms. The van der Waals surface area contributed by atoms with Crippen molar-refractivity contribution in [1.82, 2.24) is 15.2 Å². The molecular formula is C34H46N4O4. The number of ether oxygens (including phenoxy) is 2. The highest BCUT2D eigenvalue weighted by molar-refractivity contribution is 5.97. The number of pyridine rings is 1. The van der Waals surface area contributed by atoms with Crippen LogP contribution in [0.4, 0.5) is 5.69 Å². The lowest BCUT2D eigenvalue weighted by atomic mass is 9.98. The Kier molecular flexibility index (Phi) is 11.2. The predicted molar refractivity (Wildman–Crippen MR) is 168 cm³/mol. The number of hydrogen-bond donors (Lipinski definition) is 2. The summed E-state index contributed by atoms with van der Waals surface area (Å²) in [5.41, 5.74) is 6.15. The Hall–Kier alpha value is -3.62. The van der Waals surface area contributed by atoms with Gasteiger partial charge in [-0.2, -0.15) is 0 Å². The highest BCUT2D eigenvalue weighted by atomic mass is 16.5. The first kappa shape index (κ1) is 31.3. The molecule has 2 N–H and O–H groups in total. The van der Waals surface area contributed by atoms with E-state index in [1.165, 1.54) is 16.8 Å². The van der Waals surface area contributed by atoms with Gasteiger partial charge in [0, 0.05) is 61.9 Å². The van der Waals surface area contributed by atoms with Crippen LogP contribution in [0.15, 0.2) is 54.9 Å². The minimum Gasteiger partial charge on any atom is -0.497 e. The number of carbonyl (C=O) groups is 1. The normalized spacial score (nSPS) is 14.8. The van der Waals surface area contributed by atoms with Crippen molar-refractivity contribution in [1.29, 1.82) is 0 Å². The summed E-state index contributed by atoms with van der Waals surface area (Å²) in [7, 11) is 1.70. The number of benzene rings is 2. The lowest BCUT2D eigenvalue weighted by Crippen LogP contribution is -2.48. The third-order valence-corrected chi connectivity index (χ3v) is 8.40. The lowest BCUT2D eigenvalue weighted by Gasteiger charge is -2.42. The number of rotatable bonds is 13. The zero-order chi connectivity index (χ0) is 30.1. The summed E-state index contributed by atoms with van der Waals surface area (Å²) in [5.74, 6) is 1.49. The second-order valence-corrected chi connectivity index (χ2v) is 11.3. The number of carbonyl (C=O) groups excluding carboxylic acids is 1. The van der Waals surface area contributed by atoms with Crippen molar-refractivity contribution in [3.8, 4) is 11.5 Å². The fraction of sp³-hybridized carbons (Fsp3) is 0.471. The van der Waals surface area contributed by atoms with Gasteiger partial charge in [-0.1, -0.05) is 0 Å². The number of aliphatic hydroxyl groups is 1. The van der Waals surface area contributed by atoms with E-state index in [0.717, 1.165) is 55.8 Å². The first-order chi connectivity index (χ1) is 20.3. The number of methoxy groups -OCH3 is 1. The minimum absolute atomic E-state index is 0.0395. The standard InChI is InChI=1S/C34H46N4O4/c1-24-10-14-35-22-28(24)23-38(29-6-8-31(41-5)9-7-29)30-12-16-37(17-13-30)27(4)11-15-36-34(40)33-25(2)20-32(21-26(33)3)42-19-18-39/h6-10,14,20-22,27,30,39H,11-13,15-19,23H2,1-5H3,(H,36,40)/t27-/m1/s1. The van der Waals surface area contributed by atoms with Crippen molar-refractivity contribution in [2.24, 2.45) is 0 Å². The van der Waals surface area contributed by atoms with Crippen LogP contribution < -0.4 is 19.7 Å². The fourth-order valence-electron chi connectivity index (χ4n) is 5.88. The molecule has 1 amide bonds. The van der Waals surface area contributed by atoms with E-state index in [1.54, 1.807) is 7.11 Å². The summed E-state index contributed by atoms with van der Waals surface area (Å²) in [6, 6.07) is 15.0. The van der Waals surface area contributed by atoms with E-state index in [-0.39, 0.29) is 19.1 Å². The van der Waals surface area contributed by atoms with Gasteiger partial charge in [-0.3, -0.25) is 9.78 Å². The second-order valence-electron chi connectivity index (χ2n) is 11.3. The summed E-state index contributed by atoms with van der Waals surface area (Å²) in [5, 5.41) is 12.1. The Morgan fingerprint density at radius 3 is 2.38 bits per heavy atom. The number of nitrogens with one attached hydrogen (secondary N) is 1. The minimum atomic E-state index is -0.0505. The van der Waals surface area contributed by atoms with Crippen molar-refractivity contribution < 1.29 is 19.4 Å². The van der Waals surface area contributed by atoms with Gasteiger partial charge >= 0.3 is 0 Å². The number of anilines is 1. The molecule has 1 atom stereocenters. The van der Waals surface area contributed by atoms with E-state index < -0.39 is 0 Å². The average molecular weight is 575 g/mol. The van der Waals surface area contributed by atoms with Crippen LogP contribution in [0.1, 0.15) is 58.8 Å². The van der Waals surface area contributed by atoms with Crippen LogP contribution in [-0.4, -0.2) is 72.9 Å². The largest absolute Gasteiger partial charge is 0.497 e. The van der Waals surface area contributed by atoms with Gasteiger partial charge in [0.05, 0.1) is 13.7 Å². The van der Waals surface area contributed by atoms with E-state index in [1.807, 2.05) is 50.5 Å². The van der Waals surface area contributed by atoms with Gasteiger partial charge in [0.1, 0.15) is 18.1 Å². The van der Waals surface area contributed by atoms with E-state index >= 15 is 0 Å². The van der Waals surface area contributed by atoms with Gasteiger partial charge in [0.25, 0.3) is 5.91 Å². The first-order valence-electron chi connectivity index (χ1n) is 15.0. The third-order valence-electron chi connectivity index (χ3n) is 8.40. The zero-order valence-corrected chi connectivity index (χ0v) is 25.7. The molecule has 8 nitrogen and oxygen atoms in total. The molecule has 0 saturated carbocycles. The summed E-state index contributed by atoms with van der Waals surface area (Å²) in [6.07, 6.45) is 6.88. The SMILES string of the molecule is COc1ccc(N(Cc2cnccc2C)C2CCN([C@H](C)CCNC(=O)c3c(C)cc(OCCO)cc3C)CC2)cc1. The quantitative estimate of drug-likeness (QED) is 0.295. The number of aromatic nitrogens is 1. The molecule has 2 aromatic carbocycles. The highest BCUT2D eigenvalue weighted by Gasteiger charge is 2.28. The molecule has 1 saturated heterocycles. The molecule has 3 aromatic rings. The zero-order valence-electron chi connectivity index (χ0n) is 25.7. The molecule has 0 aliphatic carbocycles. The van der Waals surface area contributed by atoms with Crippen LogP contribution in [-0.2, 0) is 6.54 Å². The molecule has 0 bridgehead atoms. The Morgan fingerprint density at radius 2 is 1.76 bits per heavy atom. The molecule has 1 aliphatic heterocycles. The van der Waals surface area contributed by atoms with Gasteiger partial charge in [-0.05, 0) is 112 Å².